The van der Waals surface area contributed by atoms with Gasteiger partial charge in [-0.3, -0.25) is 0 Å². The molecule has 1 atom stereocenters. The molecule has 0 aliphatic carbocycles. The van der Waals surface area contributed by atoms with Crippen LogP contribution < -0.4 is 4.74 Å². The van der Waals surface area contributed by atoms with E-state index in [0.717, 1.165) is 0 Å². The van der Waals surface area contributed by atoms with Crippen molar-refractivity contribution < 1.29 is 14.2 Å². The molecule has 2 nitrogen and oxygen atoms in total. The molecule has 106 valence electrons. The Morgan fingerprint density at radius 1 is 1.20 bits per heavy atom. The van der Waals surface area contributed by atoms with E-state index in [2.05, 4.69) is 0 Å². The van der Waals surface area contributed by atoms with Gasteiger partial charge in [0.15, 0.2) is 0 Å². The topological polar surface area (TPSA) is 29.5 Å². The van der Waals surface area contributed by atoms with Crippen molar-refractivity contribution in [2.75, 3.05) is 7.11 Å². The molecule has 0 aromatic heterocycles. The highest BCUT2D eigenvalue weighted by atomic mass is 35.5. The molecule has 0 saturated heterocycles. The van der Waals surface area contributed by atoms with E-state index in [9.17, 15) is 9.50 Å². The van der Waals surface area contributed by atoms with Crippen LogP contribution in [0.15, 0.2) is 36.4 Å². The molecule has 0 fully saturated rings. The number of hydrogen-bond acceptors (Lipinski definition) is 2. The van der Waals surface area contributed by atoms with Gasteiger partial charge in [-0.05, 0) is 37.3 Å². The van der Waals surface area contributed by atoms with Crippen molar-refractivity contribution in [3.05, 3.63) is 63.4 Å². The lowest BCUT2D eigenvalue weighted by atomic mass is 9.87. The predicted octanol–water partition coefficient (Wildman–Crippen LogP) is 4.40. The number of halogens is 3. The Labute approximate surface area is 126 Å². The Morgan fingerprint density at radius 3 is 2.55 bits per heavy atom. The fourth-order valence-corrected chi connectivity index (χ4v) is 2.63. The van der Waals surface area contributed by atoms with Crippen LogP contribution in [0.1, 0.15) is 18.1 Å². The third kappa shape index (κ3) is 2.62. The van der Waals surface area contributed by atoms with Crippen LogP contribution in [-0.4, -0.2) is 12.2 Å². The van der Waals surface area contributed by atoms with Crippen molar-refractivity contribution in [1.29, 1.82) is 0 Å². The third-order valence-electron chi connectivity index (χ3n) is 3.13. The van der Waals surface area contributed by atoms with E-state index in [-0.39, 0.29) is 11.3 Å². The SMILES string of the molecule is COc1cccc(F)c1C(C)(O)c1cc(Cl)ccc1Cl. The van der Waals surface area contributed by atoms with Crippen LogP contribution in [0.4, 0.5) is 4.39 Å². The Kier molecular flexibility index (Phi) is 4.23. The van der Waals surface area contributed by atoms with E-state index in [4.69, 9.17) is 27.9 Å². The van der Waals surface area contributed by atoms with E-state index in [1.807, 2.05) is 0 Å². The fourth-order valence-electron chi connectivity index (χ4n) is 2.15. The quantitative estimate of drug-likeness (QED) is 0.910. The molecule has 0 radical (unpaired) electrons. The average molecular weight is 315 g/mol. The van der Waals surface area contributed by atoms with Crippen LogP contribution in [0.2, 0.25) is 10.0 Å². The van der Waals surface area contributed by atoms with Crippen molar-refractivity contribution in [2.24, 2.45) is 0 Å². The van der Waals surface area contributed by atoms with E-state index >= 15 is 0 Å². The second-order valence-corrected chi connectivity index (χ2v) is 5.36. The maximum absolute atomic E-state index is 14.1. The van der Waals surface area contributed by atoms with Gasteiger partial charge in [0, 0.05) is 15.6 Å². The Balaban J connectivity index is 2.69. The molecule has 0 saturated carbocycles. The fraction of sp³-hybridized carbons (Fsp3) is 0.200. The molecule has 0 spiro atoms. The summed E-state index contributed by atoms with van der Waals surface area (Å²) < 4.78 is 19.3. The molecular weight excluding hydrogens is 302 g/mol. The van der Waals surface area contributed by atoms with Gasteiger partial charge in [0.05, 0.1) is 12.7 Å². The molecule has 2 aromatic carbocycles. The average Bonchev–Trinajstić information content (AvgIpc) is 2.40. The number of methoxy groups -OCH3 is 1. The van der Waals surface area contributed by atoms with Gasteiger partial charge in [-0.1, -0.05) is 29.3 Å². The molecule has 5 heteroatoms. The number of benzene rings is 2. The van der Waals surface area contributed by atoms with E-state index in [1.54, 1.807) is 18.2 Å². The first kappa shape index (κ1) is 15.1. The number of ether oxygens (including phenoxy) is 1. The number of aliphatic hydroxyl groups is 1. The molecule has 1 N–H and O–H groups in total. The largest absolute Gasteiger partial charge is 0.496 e. The second-order valence-electron chi connectivity index (χ2n) is 4.51. The molecule has 0 heterocycles. The van der Waals surface area contributed by atoms with Crippen LogP contribution in [0.25, 0.3) is 0 Å². The summed E-state index contributed by atoms with van der Waals surface area (Å²) in [5, 5.41) is 11.5. The maximum atomic E-state index is 14.1. The minimum atomic E-state index is -1.67. The van der Waals surface area contributed by atoms with E-state index in [0.29, 0.717) is 15.6 Å². The molecular formula is C15H13Cl2FO2. The first-order valence-corrected chi connectivity index (χ1v) is 6.64. The maximum Gasteiger partial charge on any atom is 0.133 e. The van der Waals surface area contributed by atoms with Crippen molar-refractivity contribution in [1.82, 2.24) is 0 Å². The number of hydrogen-bond donors (Lipinski definition) is 1. The molecule has 0 bridgehead atoms. The van der Waals surface area contributed by atoms with Gasteiger partial charge in [0.1, 0.15) is 17.2 Å². The van der Waals surface area contributed by atoms with Crippen LogP contribution in [-0.2, 0) is 5.60 Å². The summed E-state index contributed by atoms with van der Waals surface area (Å²) >= 11 is 12.0. The Hall–Kier alpha value is -1.29. The lowest BCUT2D eigenvalue weighted by molar-refractivity contribution is 0.0946. The molecule has 2 aromatic rings. The molecule has 20 heavy (non-hydrogen) atoms. The van der Waals surface area contributed by atoms with Crippen molar-refractivity contribution >= 4 is 23.2 Å². The van der Waals surface area contributed by atoms with Gasteiger partial charge in [0.25, 0.3) is 0 Å². The van der Waals surface area contributed by atoms with Gasteiger partial charge in [-0.15, -0.1) is 0 Å². The molecule has 0 aliphatic rings. The summed E-state index contributed by atoms with van der Waals surface area (Å²) in [7, 11) is 1.41. The Bertz CT molecular complexity index is 642. The lowest BCUT2D eigenvalue weighted by Gasteiger charge is -2.27. The minimum Gasteiger partial charge on any atom is -0.496 e. The second kappa shape index (κ2) is 5.60. The standard InChI is InChI=1S/C15H13Cl2FO2/c1-15(19,10-8-9(16)6-7-11(10)17)14-12(18)4-3-5-13(14)20-2/h3-8,19H,1-2H3. The van der Waals surface area contributed by atoms with Gasteiger partial charge in [-0.25, -0.2) is 4.39 Å². The van der Waals surface area contributed by atoms with Gasteiger partial charge >= 0.3 is 0 Å². The van der Waals surface area contributed by atoms with Gasteiger partial charge in [0.2, 0.25) is 0 Å². The Morgan fingerprint density at radius 2 is 1.90 bits per heavy atom. The summed E-state index contributed by atoms with van der Waals surface area (Å²) in [6.07, 6.45) is 0. The zero-order chi connectivity index (χ0) is 14.9. The highest BCUT2D eigenvalue weighted by molar-refractivity contribution is 6.33. The summed E-state index contributed by atoms with van der Waals surface area (Å²) in [6.45, 7) is 1.45. The predicted molar refractivity (Wildman–Crippen MR) is 78.1 cm³/mol. The first-order chi connectivity index (χ1) is 9.37. The highest BCUT2D eigenvalue weighted by Gasteiger charge is 2.34. The smallest absolute Gasteiger partial charge is 0.133 e. The third-order valence-corrected chi connectivity index (χ3v) is 3.70. The van der Waals surface area contributed by atoms with E-state index in [1.165, 1.54) is 32.2 Å². The van der Waals surface area contributed by atoms with Crippen LogP contribution in [0.3, 0.4) is 0 Å². The van der Waals surface area contributed by atoms with Crippen LogP contribution >= 0.6 is 23.2 Å². The minimum absolute atomic E-state index is 0.0201. The van der Waals surface area contributed by atoms with E-state index < -0.39 is 11.4 Å². The first-order valence-electron chi connectivity index (χ1n) is 5.88. The monoisotopic (exact) mass is 314 g/mol. The van der Waals surface area contributed by atoms with Crippen molar-refractivity contribution in [2.45, 2.75) is 12.5 Å². The number of rotatable bonds is 3. The van der Waals surface area contributed by atoms with Crippen molar-refractivity contribution in [3.8, 4) is 5.75 Å². The summed E-state index contributed by atoms with van der Waals surface area (Å²) in [5.41, 5.74) is -1.33. The molecule has 2 rings (SSSR count). The summed E-state index contributed by atoms with van der Waals surface area (Å²) in [6, 6.07) is 9.00. The van der Waals surface area contributed by atoms with Crippen LogP contribution in [0.5, 0.6) is 5.75 Å². The molecule has 0 amide bonds. The normalized spacial score (nSPS) is 13.9. The molecule has 1 unspecified atom stereocenters. The van der Waals surface area contributed by atoms with Crippen LogP contribution in [0, 0.1) is 5.82 Å². The highest BCUT2D eigenvalue weighted by Crippen LogP contribution is 2.40. The van der Waals surface area contributed by atoms with Gasteiger partial charge in [-0.2, -0.15) is 0 Å². The summed E-state index contributed by atoms with van der Waals surface area (Å²) in [4.78, 5) is 0. The zero-order valence-electron chi connectivity index (χ0n) is 11.0. The zero-order valence-corrected chi connectivity index (χ0v) is 12.5. The van der Waals surface area contributed by atoms with Gasteiger partial charge < -0.3 is 9.84 Å². The summed E-state index contributed by atoms with van der Waals surface area (Å²) in [5.74, 6) is -0.337. The lowest BCUT2D eigenvalue weighted by Crippen LogP contribution is -2.25. The molecule has 0 aliphatic heterocycles. The van der Waals surface area contributed by atoms with Crippen molar-refractivity contribution in [3.63, 3.8) is 0 Å².